The van der Waals surface area contributed by atoms with Crippen LogP contribution in [-0.2, 0) is 11.8 Å². The summed E-state index contributed by atoms with van der Waals surface area (Å²) in [5.41, 5.74) is 1.70. The summed E-state index contributed by atoms with van der Waals surface area (Å²) in [5.74, 6) is 1.09. The van der Waals surface area contributed by atoms with E-state index >= 15 is 0 Å². The van der Waals surface area contributed by atoms with Crippen LogP contribution < -0.4 is 29.5 Å². The molecule has 6 amide bonds. The van der Waals surface area contributed by atoms with Crippen molar-refractivity contribution >= 4 is 53.7 Å². The third-order valence-corrected chi connectivity index (χ3v) is 7.16. The average Bonchev–Trinajstić information content (AvgIpc) is 2.91. The van der Waals surface area contributed by atoms with Gasteiger partial charge in [0.15, 0.2) is 0 Å². The molecular weight excluding hydrogens is 567 g/mol. The lowest BCUT2D eigenvalue weighted by Crippen LogP contribution is -2.27. The number of amides is 6. The first-order valence-corrected chi connectivity index (χ1v) is 14.8. The Labute approximate surface area is 244 Å². The Balaban J connectivity index is 1.81. The minimum atomic E-state index is -3.51. The fourth-order valence-corrected chi connectivity index (χ4v) is 4.97. The van der Waals surface area contributed by atoms with Gasteiger partial charge in [0.2, 0.25) is 0 Å². The van der Waals surface area contributed by atoms with Crippen LogP contribution in [0.4, 0.5) is 31.4 Å². The van der Waals surface area contributed by atoms with E-state index in [4.69, 9.17) is 25.4 Å². The molecule has 0 radical (unpaired) electrons. The second kappa shape index (κ2) is 13.7. The summed E-state index contributed by atoms with van der Waals surface area (Å²) in [6, 6.07) is 19.0. The lowest BCUT2D eigenvalue weighted by Gasteiger charge is -2.24. The highest BCUT2D eigenvalue weighted by Crippen LogP contribution is 2.50. The molecule has 12 nitrogen and oxygen atoms in total. The van der Waals surface area contributed by atoms with Crippen LogP contribution in [0.15, 0.2) is 72.8 Å². The van der Waals surface area contributed by atoms with Crippen LogP contribution in [0.5, 0.6) is 17.2 Å². The Morgan fingerprint density at radius 1 is 0.512 bits per heavy atom. The molecule has 3 N–H and O–H groups in total. The van der Waals surface area contributed by atoms with Crippen molar-refractivity contribution in [1.29, 1.82) is 0 Å². The van der Waals surface area contributed by atoms with Gasteiger partial charge in [-0.2, -0.15) is 0 Å². The van der Waals surface area contributed by atoms with Crippen molar-refractivity contribution in [3.05, 3.63) is 72.8 Å². The number of nitrogens with zero attached hydrogens (tertiary/aromatic N) is 3. The largest absolute Gasteiger partial charge is 0.490 e. The summed E-state index contributed by atoms with van der Waals surface area (Å²) in [4.78, 5) is 40.1. The predicted molar refractivity (Wildman–Crippen MR) is 164 cm³/mol. The number of carbonyl (C=O) groups is 3. The molecule has 3 aromatic carbocycles. The molecular formula is C27H33N6O6PS. The lowest BCUT2D eigenvalue weighted by atomic mass is 10.3. The molecule has 0 aliphatic carbocycles. The molecule has 41 heavy (non-hydrogen) atoms. The summed E-state index contributed by atoms with van der Waals surface area (Å²) in [6.45, 7) is -3.51. The molecule has 0 saturated carbocycles. The van der Waals surface area contributed by atoms with Crippen LogP contribution in [0.2, 0.25) is 0 Å². The van der Waals surface area contributed by atoms with Gasteiger partial charge in [-0.3, -0.25) is 0 Å². The molecule has 0 bridgehead atoms. The fourth-order valence-electron chi connectivity index (χ4n) is 2.95. The molecule has 0 heterocycles. The zero-order valence-corrected chi connectivity index (χ0v) is 25.3. The highest BCUT2D eigenvalue weighted by molar-refractivity contribution is 8.08. The van der Waals surface area contributed by atoms with E-state index in [1.807, 2.05) is 0 Å². The van der Waals surface area contributed by atoms with Gasteiger partial charge in [0, 0.05) is 71.2 Å². The summed E-state index contributed by atoms with van der Waals surface area (Å²) in [5, 5.41) is 8.25. The third kappa shape index (κ3) is 9.59. The first-order chi connectivity index (χ1) is 19.3. The first kappa shape index (κ1) is 31.1. The molecule has 0 aromatic heterocycles. The van der Waals surface area contributed by atoms with Gasteiger partial charge in [-0.25, -0.2) is 14.4 Å². The predicted octanol–water partition coefficient (Wildman–Crippen LogP) is 5.73. The zero-order chi connectivity index (χ0) is 30.2. The Bertz CT molecular complexity index is 1230. The van der Waals surface area contributed by atoms with Crippen molar-refractivity contribution in [2.45, 2.75) is 0 Å². The third-order valence-electron chi connectivity index (χ3n) is 5.19. The van der Waals surface area contributed by atoms with Crippen molar-refractivity contribution in [3.63, 3.8) is 0 Å². The molecule has 0 unspecified atom stereocenters. The second-order valence-corrected chi connectivity index (χ2v) is 12.1. The number of carbonyl (C=O) groups excluding carboxylic acids is 3. The summed E-state index contributed by atoms with van der Waals surface area (Å²) < 4.78 is 18.2. The highest BCUT2D eigenvalue weighted by Gasteiger charge is 2.27. The number of hydrogen-bond donors (Lipinski definition) is 3. The number of urea groups is 3. The van der Waals surface area contributed by atoms with Crippen molar-refractivity contribution in [2.75, 3.05) is 58.2 Å². The topological polar surface area (TPSA) is 125 Å². The number of rotatable bonds is 9. The monoisotopic (exact) mass is 600 g/mol. The molecule has 218 valence electrons. The molecule has 0 fully saturated rings. The first-order valence-electron chi connectivity index (χ1n) is 12.3. The summed E-state index contributed by atoms with van der Waals surface area (Å²) in [6.07, 6.45) is 0. The highest BCUT2D eigenvalue weighted by atomic mass is 32.5. The van der Waals surface area contributed by atoms with Gasteiger partial charge in [0.25, 0.3) is 0 Å². The molecule has 0 saturated heterocycles. The van der Waals surface area contributed by atoms with Gasteiger partial charge in [-0.1, -0.05) is 0 Å². The minimum Gasteiger partial charge on any atom is -0.407 e. The van der Waals surface area contributed by atoms with E-state index in [0.717, 1.165) is 0 Å². The Kier molecular flexibility index (Phi) is 10.4. The van der Waals surface area contributed by atoms with E-state index in [2.05, 4.69) is 16.0 Å². The maximum absolute atomic E-state index is 11.9. The number of hydrogen-bond acceptors (Lipinski definition) is 7. The van der Waals surface area contributed by atoms with Crippen molar-refractivity contribution in [3.8, 4) is 17.2 Å². The molecule has 3 aromatic rings. The number of benzene rings is 3. The lowest BCUT2D eigenvalue weighted by molar-refractivity contribution is 0.230. The van der Waals surface area contributed by atoms with Gasteiger partial charge < -0.3 is 44.2 Å². The van der Waals surface area contributed by atoms with E-state index in [0.29, 0.717) is 34.3 Å². The average molecular weight is 601 g/mol. The van der Waals surface area contributed by atoms with Gasteiger partial charge in [-0.05, 0) is 72.8 Å². The molecule has 0 spiro atoms. The number of anilines is 3. The second-order valence-electron chi connectivity index (χ2n) is 9.27. The summed E-state index contributed by atoms with van der Waals surface area (Å²) in [7, 11) is 9.85. The van der Waals surface area contributed by atoms with Crippen LogP contribution in [-0.4, -0.2) is 75.1 Å². The zero-order valence-electron chi connectivity index (χ0n) is 23.6. The number of nitrogens with one attached hydrogen (secondary N) is 3. The van der Waals surface area contributed by atoms with E-state index in [1.165, 1.54) is 14.7 Å². The fraction of sp³-hybridized carbons (Fsp3) is 0.222. The van der Waals surface area contributed by atoms with Crippen LogP contribution in [0.25, 0.3) is 0 Å². The van der Waals surface area contributed by atoms with E-state index in [-0.39, 0.29) is 18.1 Å². The minimum absolute atomic E-state index is 0.272. The Morgan fingerprint density at radius 2 is 0.732 bits per heavy atom. The maximum Gasteiger partial charge on any atom is 0.490 e. The van der Waals surface area contributed by atoms with E-state index < -0.39 is 6.72 Å². The molecule has 14 heteroatoms. The molecule has 3 rings (SSSR count). The van der Waals surface area contributed by atoms with Crippen LogP contribution in [0, 0.1) is 0 Å². The van der Waals surface area contributed by atoms with Gasteiger partial charge >= 0.3 is 24.8 Å². The van der Waals surface area contributed by atoms with Crippen molar-refractivity contribution < 1.29 is 28.0 Å². The van der Waals surface area contributed by atoms with E-state index in [9.17, 15) is 14.4 Å². The van der Waals surface area contributed by atoms with Gasteiger partial charge in [0.05, 0.1) is 0 Å². The van der Waals surface area contributed by atoms with E-state index in [1.54, 1.807) is 115 Å². The van der Waals surface area contributed by atoms with Crippen LogP contribution in [0.1, 0.15) is 0 Å². The Morgan fingerprint density at radius 3 is 0.927 bits per heavy atom. The van der Waals surface area contributed by atoms with Gasteiger partial charge in [0.1, 0.15) is 17.2 Å². The molecule has 0 aliphatic rings. The van der Waals surface area contributed by atoms with Gasteiger partial charge in [-0.15, -0.1) is 0 Å². The molecule has 0 aliphatic heterocycles. The van der Waals surface area contributed by atoms with Crippen molar-refractivity contribution in [1.82, 2.24) is 14.7 Å². The smallest absolute Gasteiger partial charge is 0.407 e. The van der Waals surface area contributed by atoms with Crippen molar-refractivity contribution in [2.24, 2.45) is 0 Å². The summed E-state index contributed by atoms with van der Waals surface area (Å²) >= 11 is 5.77. The maximum atomic E-state index is 11.9. The quantitative estimate of drug-likeness (QED) is 0.268. The SMILES string of the molecule is CN(C)C(=O)Nc1ccc(OP(=S)(Oc2ccc(NC(=O)N(C)C)cc2)Oc2ccc(NC(=O)N(C)C)cc2)cc1. The van der Waals surface area contributed by atoms with Crippen LogP contribution >= 0.6 is 6.72 Å². The molecule has 0 atom stereocenters. The Hall–Kier alpha value is -4.48. The van der Waals surface area contributed by atoms with Crippen LogP contribution in [0.3, 0.4) is 0 Å². The standard InChI is InChI=1S/C27H33N6O6PS/c1-31(2)25(34)28-19-7-13-22(14-8-19)37-40(41,38-23-15-9-20(10-16-23)29-26(35)32(3)4)39-24-17-11-21(12-18-24)30-27(36)33(5)6/h7-18H,1-6H3,(H,28,34)(H,29,35)(H,30,36). The normalized spacial score (nSPS) is 10.6.